The Morgan fingerprint density at radius 1 is 1.12 bits per heavy atom. The topological polar surface area (TPSA) is 66.4 Å². The van der Waals surface area contributed by atoms with Crippen molar-refractivity contribution < 1.29 is 23.5 Å². The standard InChI is InChI=1S/C17H14BrF2NO3/c18-7-5-10(19)14(11(20)6-7)21-15(22)12-8-1-2-9(13(12)16(23)24)17(8)3-4-17/h1-2,5-6,8-9,12-13H,3-4H2,(H,21,22)(H,23,24)/t8-,9+,12+,13+/m0/s1. The molecule has 4 rings (SSSR count). The third kappa shape index (κ3) is 2.06. The number of anilines is 1. The molecule has 0 unspecified atom stereocenters. The van der Waals surface area contributed by atoms with Gasteiger partial charge in [0.05, 0.1) is 11.8 Å². The Hall–Kier alpha value is -1.76. The molecule has 2 N–H and O–H groups in total. The number of rotatable bonds is 3. The number of amides is 1. The highest BCUT2D eigenvalue weighted by molar-refractivity contribution is 9.10. The molecular formula is C17H14BrF2NO3. The minimum Gasteiger partial charge on any atom is -0.481 e. The van der Waals surface area contributed by atoms with Gasteiger partial charge in [0.15, 0.2) is 11.6 Å². The largest absolute Gasteiger partial charge is 0.481 e. The zero-order chi connectivity index (χ0) is 17.2. The van der Waals surface area contributed by atoms with Crippen molar-refractivity contribution >= 4 is 33.5 Å². The maximum atomic E-state index is 14.0. The van der Waals surface area contributed by atoms with E-state index in [4.69, 9.17) is 0 Å². The summed E-state index contributed by atoms with van der Waals surface area (Å²) in [6.07, 6.45) is 5.57. The zero-order valence-electron chi connectivity index (χ0n) is 12.4. The highest BCUT2D eigenvalue weighted by Crippen LogP contribution is 2.72. The Bertz CT molecular complexity index is 767. The van der Waals surface area contributed by atoms with Crippen LogP contribution in [-0.2, 0) is 9.59 Å². The van der Waals surface area contributed by atoms with E-state index in [1.165, 1.54) is 0 Å². The van der Waals surface area contributed by atoms with E-state index >= 15 is 0 Å². The van der Waals surface area contributed by atoms with E-state index in [9.17, 15) is 23.5 Å². The molecule has 3 aliphatic carbocycles. The Labute approximate surface area is 145 Å². The van der Waals surface area contributed by atoms with Crippen molar-refractivity contribution in [1.82, 2.24) is 0 Å². The summed E-state index contributed by atoms with van der Waals surface area (Å²) in [6, 6.07) is 2.10. The van der Waals surface area contributed by atoms with E-state index in [1.54, 1.807) is 0 Å². The third-order valence-electron chi connectivity index (χ3n) is 5.68. The van der Waals surface area contributed by atoms with E-state index in [-0.39, 0.29) is 21.7 Å². The monoisotopic (exact) mass is 397 g/mol. The van der Waals surface area contributed by atoms with E-state index in [1.807, 2.05) is 12.2 Å². The highest BCUT2D eigenvalue weighted by Gasteiger charge is 2.70. The van der Waals surface area contributed by atoms with E-state index in [2.05, 4.69) is 21.2 Å². The molecule has 0 aromatic heterocycles. The molecule has 1 aromatic rings. The highest BCUT2D eigenvalue weighted by atomic mass is 79.9. The van der Waals surface area contributed by atoms with Crippen LogP contribution in [0.5, 0.6) is 0 Å². The molecule has 0 heterocycles. The average molecular weight is 398 g/mol. The second-order valence-electron chi connectivity index (χ2n) is 6.79. The minimum atomic E-state index is -1.03. The quantitative estimate of drug-likeness (QED) is 0.766. The number of benzene rings is 1. The maximum absolute atomic E-state index is 14.0. The zero-order valence-corrected chi connectivity index (χ0v) is 14.0. The fourth-order valence-corrected chi connectivity index (χ4v) is 4.96. The molecule has 2 bridgehead atoms. The van der Waals surface area contributed by atoms with Gasteiger partial charge in [-0.1, -0.05) is 28.1 Å². The molecule has 24 heavy (non-hydrogen) atoms. The summed E-state index contributed by atoms with van der Waals surface area (Å²) in [5.74, 6) is -5.46. The van der Waals surface area contributed by atoms with Crippen molar-refractivity contribution in [3.63, 3.8) is 0 Å². The van der Waals surface area contributed by atoms with Gasteiger partial charge in [-0.25, -0.2) is 8.78 Å². The van der Waals surface area contributed by atoms with Crippen molar-refractivity contribution in [3.8, 4) is 0 Å². The molecule has 0 radical (unpaired) electrons. The van der Waals surface area contributed by atoms with Gasteiger partial charge in [-0.15, -0.1) is 0 Å². The second kappa shape index (κ2) is 5.12. The van der Waals surface area contributed by atoms with Crippen molar-refractivity contribution in [1.29, 1.82) is 0 Å². The fraction of sp³-hybridized carbons (Fsp3) is 0.412. The summed E-state index contributed by atoms with van der Waals surface area (Å²) < 4.78 is 28.1. The van der Waals surface area contributed by atoms with Crippen LogP contribution in [0.2, 0.25) is 0 Å². The van der Waals surface area contributed by atoms with Crippen LogP contribution in [0, 0.1) is 40.7 Å². The van der Waals surface area contributed by atoms with Crippen LogP contribution in [0.4, 0.5) is 14.5 Å². The lowest BCUT2D eigenvalue weighted by Crippen LogP contribution is -2.36. The third-order valence-corrected chi connectivity index (χ3v) is 6.14. The number of hydrogen-bond acceptors (Lipinski definition) is 2. The number of aliphatic carboxylic acids is 1. The molecule has 1 aromatic carbocycles. The Morgan fingerprint density at radius 2 is 1.67 bits per heavy atom. The normalized spacial score (nSPS) is 31.5. The van der Waals surface area contributed by atoms with Crippen molar-refractivity contribution in [3.05, 3.63) is 40.4 Å². The summed E-state index contributed by atoms with van der Waals surface area (Å²) in [5.41, 5.74) is -0.675. The van der Waals surface area contributed by atoms with Gasteiger partial charge in [-0.2, -0.15) is 0 Å². The predicted molar refractivity (Wildman–Crippen MR) is 85.1 cm³/mol. The van der Waals surface area contributed by atoms with Crippen molar-refractivity contribution in [2.45, 2.75) is 12.8 Å². The van der Waals surface area contributed by atoms with Crippen LogP contribution in [-0.4, -0.2) is 17.0 Å². The molecule has 1 spiro atoms. The number of hydrogen-bond donors (Lipinski definition) is 2. The van der Waals surface area contributed by atoms with Crippen LogP contribution < -0.4 is 5.32 Å². The molecular weight excluding hydrogens is 384 g/mol. The van der Waals surface area contributed by atoms with Crippen LogP contribution >= 0.6 is 15.9 Å². The van der Waals surface area contributed by atoms with Crippen molar-refractivity contribution in [2.24, 2.45) is 29.1 Å². The van der Waals surface area contributed by atoms with Crippen LogP contribution in [0.1, 0.15) is 12.8 Å². The first-order chi connectivity index (χ1) is 11.3. The average Bonchev–Trinajstić information content (AvgIpc) is 3.16. The maximum Gasteiger partial charge on any atom is 0.307 e. The summed E-state index contributed by atoms with van der Waals surface area (Å²) in [5, 5.41) is 11.8. The Balaban J connectivity index is 1.65. The number of allylic oxidation sites excluding steroid dienone is 2. The molecule has 0 aliphatic heterocycles. The molecule has 1 amide bonds. The molecule has 7 heteroatoms. The number of carboxylic acids is 1. The first kappa shape index (κ1) is 15.7. The van der Waals surface area contributed by atoms with Gasteiger partial charge in [-0.3, -0.25) is 9.59 Å². The van der Waals surface area contributed by atoms with E-state index < -0.39 is 41.0 Å². The molecule has 2 saturated carbocycles. The fourth-order valence-electron chi connectivity index (χ4n) is 4.56. The van der Waals surface area contributed by atoms with E-state index in [0.29, 0.717) is 0 Å². The van der Waals surface area contributed by atoms with Gasteiger partial charge in [0, 0.05) is 4.47 Å². The minimum absolute atomic E-state index is 0.137. The van der Waals surface area contributed by atoms with Crippen LogP contribution in [0.3, 0.4) is 0 Å². The summed E-state index contributed by atoms with van der Waals surface area (Å²) in [7, 11) is 0. The molecule has 4 atom stereocenters. The van der Waals surface area contributed by atoms with Gasteiger partial charge in [0.1, 0.15) is 5.69 Å². The summed E-state index contributed by atoms with van der Waals surface area (Å²) in [4.78, 5) is 24.4. The number of carboxylic acid groups (broad SMARTS) is 1. The van der Waals surface area contributed by atoms with Gasteiger partial charge in [-0.05, 0) is 42.2 Å². The number of halogens is 3. The SMILES string of the molecule is O=C(O)[C@H]1[C@H](C(=O)Nc2c(F)cc(Br)cc2F)[C@@H]2C=C[C@H]1C21CC1. The Kier molecular flexibility index (Phi) is 3.36. The van der Waals surface area contributed by atoms with Gasteiger partial charge in [0.2, 0.25) is 5.91 Å². The number of carbonyl (C=O) groups excluding carboxylic acids is 1. The van der Waals surface area contributed by atoms with Gasteiger partial charge >= 0.3 is 5.97 Å². The summed E-state index contributed by atoms with van der Waals surface area (Å²) >= 11 is 2.98. The van der Waals surface area contributed by atoms with E-state index in [0.717, 1.165) is 25.0 Å². The Morgan fingerprint density at radius 3 is 2.17 bits per heavy atom. The van der Waals surface area contributed by atoms with Crippen molar-refractivity contribution in [2.75, 3.05) is 5.32 Å². The van der Waals surface area contributed by atoms with Crippen LogP contribution in [0.25, 0.3) is 0 Å². The van der Waals surface area contributed by atoms with Crippen LogP contribution in [0.15, 0.2) is 28.8 Å². The predicted octanol–water partition coefficient (Wildman–Crippen LogP) is 3.58. The first-order valence-electron chi connectivity index (χ1n) is 7.72. The molecule has 126 valence electrons. The van der Waals surface area contributed by atoms with Gasteiger partial charge in [0.25, 0.3) is 0 Å². The van der Waals surface area contributed by atoms with Gasteiger partial charge < -0.3 is 10.4 Å². The smallest absolute Gasteiger partial charge is 0.307 e. The molecule has 0 saturated heterocycles. The lowest BCUT2D eigenvalue weighted by atomic mass is 9.82. The molecule has 2 fully saturated rings. The molecule has 3 aliphatic rings. The second-order valence-corrected chi connectivity index (χ2v) is 7.71. The lowest BCUT2D eigenvalue weighted by Gasteiger charge is -2.24. The first-order valence-corrected chi connectivity index (χ1v) is 8.51. The lowest BCUT2D eigenvalue weighted by molar-refractivity contribution is -0.146. The number of carbonyl (C=O) groups is 2. The number of nitrogens with one attached hydrogen (secondary N) is 1. The summed E-state index contributed by atoms with van der Waals surface area (Å²) in [6.45, 7) is 0. The molecule has 4 nitrogen and oxygen atoms in total.